The van der Waals surface area contributed by atoms with E-state index in [1.54, 1.807) is 28.4 Å². The van der Waals surface area contributed by atoms with Crippen LogP contribution in [0, 0.1) is 13.8 Å². The summed E-state index contributed by atoms with van der Waals surface area (Å²) in [7, 11) is 0. The van der Waals surface area contributed by atoms with E-state index < -0.39 is 0 Å². The van der Waals surface area contributed by atoms with Crippen molar-refractivity contribution in [1.82, 2.24) is 24.6 Å². The summed E-state index contributed by atoms with van der Waals surface area (Å²) in [6.45, 7) is 9.59. The highest BCUT2D eigenvalue weighted by Gasteiger charge is 2.34. The fraction of sp³-hybridized carbons (Fsp3) is 0.429. The molecule has 7 heteroatoms. The summed E-state index contributed by atoms with van der Waals surface area (Å²) in [6, 6.07) is 4.09. The van der Waals surface area contributed by atoms with Gasteiger partial charge in [0.1, 0.15) is 0 Å². The Balaban J connectivity index is 1.77. The van der Waals surface area contributed by atoms with Crippen molar-refractivity contribution >= 4 is 17.2 Å². The molecule has 3 aromatic heterocycles. The maximum absolute atomic E-state index is 13.0. The summed E-state index contributed by atoms with van der Waals surface area (Å²) in [5.74, 6) is 0.925. The van der Waals surface area contributed by atoms with E-state index in [1.807, 2.05) is 24.8 Å². The van der Waals surface area contributed by atoms with Crippen molar-refractivity contribution in [2.45, 2.75) is 46.5 Å². The molecule has 0 atom stereocenters. The van der Waals surface area contributed by atoms with Crippen LogP contribution in [0.1, 0.15) is 58.4 Å². The van der Waals surface area contributed by atoms with Crippen LogP contribution in [0.5, 0.6) is 0 Å². The lowest BCUT2D eigenvalue weighted by atomic mass is 10.1. The van der Waals surface area contributed by atoms with Gasteiger partial charge in [-0.05, 0) is 52.7 Å². The first-order chi connectivity index (χ1) is 13.5. The number of amides is 1. The van der Waals surface area contributed by atoms with Crippen LogP contribution < -0.4 is 0 Å². The predicted octanol–water partition coefficient (Wildman–Crippen LogP) is 4.37. The van der Waals surface area contributed by atoms with Crippen molar-refractivity contribution in [1.29, 1.82) is 0 Å². The van der Waals surface area contributed by atoms with E-state index in [-0.39, 0.29) is 5.91 Å². The van der Waals surface area contributed by atoms with Crippen molar-refractivity contribution in [3.8, 4) is 17.2 Å². The van der Waals surface area contributed by atoms with Gasteiger partial charge in [0.25, 0.3) is 11.9 Å². The SMILES string of the molecule is CCN(CC)C(=O)c1cnn(-c2nccc(-c3cc(C)sc3C)n2)c1C1CC1. The third kappa shape index (κ3) is 3.35. The van der Waals surface area contributed by atoms with Gasteiger partial charge in [-0.15, -0.1) is 11.3 Å². The molecule has 1 saturated carbocycles. The average Bonchev–Trinajstić information content (AvgIpc) is 3.34. The van der Waals surface area contributed by atoms with E-state index >= 15 is 0 Å². The molecule has 6 nitrogen and oxygen atoms in total. The Hall–Kier alpha value is -2.54. The smallest absolute Gasteiger partial charge is 0.257 e. The second-order valence-electron chi connectivity index (χ2n) is 7.18. The Morgan fingerprint density at radius 2 is 2.04 bits per heavy atom. The molecule has 1 fully saturated rings. The summed E-state index contributed by atoms with van der Waals surface area (Å²) < 4.78 is 1.77. The molecule has 3 heterocycles. The van der Waals surface area contributed by atoms with Gasteiger partial charge in [0.2, 0.25) is 0 Å². The van der Waals surface area contributed by atoms with E-state index in [4.69, 9.17) is 4.98 Å². The first-order valence-corrected chi connectivity index (χ1v) is 10.6. The minimum Gasteiger partial charge on any atom is -0.339 e. The Morgan fingerprint density at radius 1 is 1.29 bits per heavy atom. The Morgan fingerprint density at radius 3 is 2.64 bits per heavy atom. The second-order valence-corrected chi connectivity index (χ2v) is 8.64. The molecule has 1 aliphatic rings. The molecule has 146 valence electrons. The summed E-state index contributed by atoms with van der Waals surface area (Å²) in [5, 5.41) is 4.53. The topological polar surface area (TPSA) is 63.9 Å². The molecule has 0 aromatic carbocycles. The second kappa shape index (κ2) is 7.47. The summed E-state index contributed by atoms with van der Waals surface area (Å²) >= 11 is 1.77. The molecule has 0 aliphatic heterocycles. The molecule has 1 amide bonds. The molecule has 0 unspecified atom stereocenters. The number of aromatic nitrogens is 4. The molecule has 4 rings (SSSR count). The van der Waals surface area contributed by atoms with Crippen molar-refractivity contribution in [2.75, 3.05) is 13.1 Å². The summed E-state index contributed by atoms with van der Waals surface area (Å²) in [4.78, 5) is 26.6. The van der Waals surface area contributed by atoms with Crippen molar-refractivity contribution in [2.24, 2.45) is 0 Å². The number of nitrogens with zero attached hydrogens (tertiary/aromatic N) is 5. The molecule has 3 aromatic rings. The molecule has 0 radical (unpaired) electrons. The van der Waals surface area contributed by atoms with Gasteiger partial charge in [-0.25, -0.2) is 14.6 Å². The van der Waals surface area contributed by atoms with Crippen LogP contribution in [0.4, 0.5) is 0 Å². The molecule has 0 spiro atoms. The molecule has 0 bridgehead atoms. The van der Waals surface area contributed by atoms with E-state index in [0.717, 1.165) is 29.8 Å². The van der Waals surface area contributed by atoms with Crippen LogP contribution in [0.2, 0.25) is 0 Å². The van der Waals surface area contributed by atoms with E-state index in [9.17, 15) is 4.79 Å². The van der Waals surface area contributed by atoms with Crippen molar-refractivity contribution in [3.05, 3.63) is 45.5 Å². The van der Waals surface area contributed by atoms with Gasteiger partial charge in [0.15, 0.2) is 0 Å². The summed E-state index contributed by atoms with van der Waals surface area (Å²) in [5.41, 5.74) is 3.65. The van der Waals surface area contributed by atoms with E-state index in [1.165, 1.54) is 9.75 Å². The minimum absolute atomic E-state index is 0.0404. The van der Waals surface area contributed by atoms with Gasteiger partial charge in [-0.2, -0.15) is 5.10 Å². The van der Waals surface area contributed by atoms with E-state index in [0.29, 0.717) is 30.5 Å². The lowest BCUT2D eigenvalue weighted by Crippen LogP contribution is -2.31. The van der Waals surface area contributed by atoms with Gasteiger partial charge in [-0.1, -0.05) is 0 Å². The van der Waals surface area contributed by atoms with Gasteiger partial charge in [-0.3, -0.25) is 4.79 Å². The average molecular weight is 396 g/mol. The molecular formula is C21H25N5OS. The van der Waals surface area contributed by atoms with Gasteiger partial charge in [0.05, 0.1) is 23.1 Å². The molecule has 0 N–H and O–H groups in total. The molecular weight excluding hydrogens is 370 g/mol. The van der Waals surface area contributed by atoms with Crippen LogP contribution in [0.3, 0.4) is 0 Å². The Bertz CT molecular complexity index is 1010. The highest BCUT2D eigenvalue weighted by molar-refractivity contribution is 7.12. The predicted molar refractivity (Wildman–Crippen MR) is 111 cm³/mol. The van der Waals surface area contributed by atoms with Crippen LogP contribution >= 0.6 is 11.3 Å². The fourth-order valence-corrected chi connectivity index (χ4v) is 4.53. The normalized spacial score (nSPS) is 13.7. The number of thiophene rings is 1. The first-order valence-electron chi connectivity index (χ1n) is 9.81. The van der Waals surface area contributed by atoms with Crippen LogP contribution in [-0.2, 0) is 0 Å². The van der Waals surface area contributed by atoms with Crippen molar-refractivity contribution in [3.63, 3.8) is 0 Å². The standard InChI is InChI=1S/C21H25N5OS/c1-5-25(6-2)20(27)17-12-23-26(19(17)15-7-8-15)21-22-10-9-18(24-21)16-11-13(3)28-14(16)4/h9-12,15H,5-8H2,1-4H3. The third-order valence-electron chi connectivity index (χ3n) is 5.20. The number of aryl methyl sites for hydroxylation is 2. The number of carbonyl (C=O) groups excluding carboxylic acids is 1. The van der Waals surface area contributed by atoms with Crippen LogP contribution in [0.25, 0.3) is 17.2 Å². The Labute approximate surface area is 169 Å². The zero-order valence-electron chi connectivity index (χ0n) is 16.8. The lowest BCUT2D eigenvalue weighted by molar-refractivity contribution is 0.0772. The number of hydrogen-bond donors (Lipinski definition) is 0. The Kier molecular flexibility index (Phi) is 5.02. The van der Waals surface area contributed by atoms with E-state index in [2.05, 4.69) is 30.0 Å². The maximum atomic E-state index is 13.0. The van der Waals surface area contributed by atoms with Crippen LogP contribution in [0.15, 0.2) is 24.5 Å². The monoisotopic (exact) mass is 395 g/mol. The van der Waals surface area contributed by atoms with Gasteiger partial charge >= 0.3 is 0 Å². The largest absolute Gasteiger partial charge is 0.339 e. The van der Waals surface area contributed by atoms with Gasteiger partial charge in [0, 0.05) is 40.5 Å². The number of hydrogen-bond acceptors (Lipinski definition) is 5. The maximum Gasteiger partial charge on any atom is 0.257 e. The zero-order valence-corrected chi connectivity index (χ0v) is 17.6. The summed E-state index contributed by atoms with van der Waals surface area (Å²) in [6.07, 6.45) is 5.61. The highest BCUT2D eigenvalue weighted by atomic mass is 32.1. The zero-order chi connectivity index (χ0) is 19.8. The lowest BCUT2D eigenvalue weighted by Gasteiger charge is -2.18. The van der Waals surface area contributed by atoms with Gasteiger partial charge < -0.3 is 4.90 Å². The van der Waals surface area contributed by atoms with Crippen LogP contribution in [-0.4, -0.2) is 43.6 Å². The third-order valence-corrected chi connectivity index (χ3v) is 6.17. The highest BCUT2D eigenvalue weighted by Crippen LogP contribution is 2.42. The fourth-order valence-electron chi connectivity index (χ4n) is 3.60. The molecule has 1 aliphatic carbocycles. The first kappa shape index (κ1) is 18.8. The quantitative estimate of drug-likeness (QED) is 0.622. The molecule has 0 saturated heterocycles. The minimum atomic E-state index is 0.0404. The molecule has 28 heavy (non-hydrogen) atoms. The number of rotatable bonds is 6. The number of carbonyl (C=O) groups is 1. The van der Waals surface area contributed by atoms with Crippen molar-refractivity contribution < 1.29 is 4.79 Å².